The van der Waals surface area contributed by atoms with E-state index < -0.39 is 17.8 Å². The van der Waals surface area contributed by atoms with Crippen molar-refractivity contribution < 1.29 is 19.1 Å². The van der Waals surface area contributed by atoms with Gasteiger partial charge in [0.1, 0.15) is 11.6 Å². The number of hydroxylamine groups is 1. The largest absolute Gasteiger partial charge is 0.496 e. The number of amides is 1. The highest BCUT2D eigenvalue weighted by Gasteiger charge is 2.30. The Hall–Kier alpha value is -2.44. The van der Waals surface area contributed by atoms with Gasteiger partial charge in [-0.2, -0.15) is 5.06 Å². The third-order valence-electron chi connectivity index (χ3n) is 3.75. The van der Waals surface area contributed by atoms with Crippen molar-refractivity contribution in [2.75, 3.05) is 12.2 Å². The normalized spacial score (nSPS) is 17.4. The number of fused-ring (bicyclic) bond motifs is 1. The monoisotopic (exact) mass is 302 g/mol. The molecule has 2 aromatic rings. The van der Waals surface area contributed by atoms with Crippen molar-refractivity contribution in [1.29, 1.82) is 0 Å². The molecule has 5 nitrogen and oxygen atoms in total. The quantitative estimate of drug-likeness (QED) is 0.833. The molecule has 2 aromatic carbocycles. The minimum absolute atomic E-state index is 0.353. The lowest BCUT2D eigenvalue weighted by atomic mass is 9.95. The molecule has 0 saturated heterocycles. The fourth-order valence-corrected chi connectivity index (χ4v) is 2.61. The summed E-state index contributed by atoms with van der Waals surface area (Å²) in [5, 5.41) is 10.5. The molecule has 1 aliphatic rings. The first-order valence-electron chi connectivity index (χ1n) is 6.76. The third-order valence-corrected chi connectivity index (χ3v) is 3.75. The van der Waals surface area contributed by atoms with Crippen LogP contribution < -0.4 is 15.5 Å². The highest BCUT2D eigenvalue weighted by atomic mass is 19.1. The highest BCUT2D eigenvalue weighted by molar-refractivity contribution is 5.98. The molecular weight excluding hydrogens is 287 g/mol. The third kappa shape index (κ3) is 2.32. The molecule has 0 fully saturated rings. The van der Waals surface area contributed by atoms with E-state index >= 15 is 0 Å². The maximum atomic E-state index is 13.5. The molecule has 0 bridgehead atoms. The summed E-state index contributed by atoms with van der Waals surface area (Å²) >= 11 is 0. The van der Waals surface area contributed by atoms with E-state index in [1.165, 1.54) is 25.3 Å². The Morgan fingerprint density at radius 1 is 1.32 bits per heavy atom. The fourth-order valence-electron chi connectivity index (χ4n) is 2.61. The Balaban J connectivity index is 2.12. The summed E-state index contributed by atoms with van der Waals surface area (Å²) in [4.78, 5) is 11.8. The molecule has 1 aliphatic heterocycles. The van der Waals surface area contributed by atoms with E-state index in [0.717, 1.165) is 5.56 Å². The van der Waals surface area contributed by atoms with Crippen molar-refractivity contribution in [2.45, 2.75) is 12.5 Å². The lowest BCUT2D eigenvalue weighted by Crippen LogP contribution is -2.47. The van der Waals surface area contributed by atoms with Crippen LogP contribution in [0.2, 0.25) is 0 Å². The maximum absolute atomic E-state index is 13.5. The van der Waals surface area contributed by atoms with Gasteiger partial charge in [0.15, 0.2) is 0 Å². The Morgan fingerprint density at radius 2 is 2.09 bits per heavy atom. The predicted octanol–water partition coefficient (Wildman–Crippen LogP) is 2.11. The average Bonchev–Trinajstić information content (AvgIpc) is 2.52. The molecule has 0 saturated carbocycles. The van der Waals surface area contributed by atoms with Crippen LogP contribution in [-0.2, 0) is 11.2 Å². The van der Waals surface area contributed by atoms with E-state index in [2.05, 4.69) is 0 Å². The number of rotatable bonds is 2. The molecule has 6 heteroatoms. The number of anilines is 1. The number of ether oxygens (including phenoxy) is 1. The fraction of sp³-hybridized carbons (Fsp3) is 0.188. The number of carbonyl (C=O) groups excluding carboxylic acids is 1. The predicted molar refractivity (Wildman–Crippen MR) is 79.3 cm³/mol. The molecule has 1 atom stereocenters. The van der Waals surface area contributed by atoms with E-state index in [9.17, 15) is 14.4 Å². The van der Waals surface area contributed by atoms with Gasteiger partial charge in [-0.1, -0.05) is 12.1 Å². The zero-order chi connectivity index (χ0) is 15.9. The summed E-state index contributed by atoms with van der Waals surface area (Å²) in [6.07, 6.45) is 0.353. The van der Waals surface area contributed by atoms with Crippen molar-refractivity contribution in [3.05, 3.63) is 47.8 Å². The molecular formula is C16H15FN2O3. The molecule has 0 aromatic heterocycles. The second-order valence-corrected chi connectivity index (χ2v) is 5.15. The first kappa shape index (κ1) is 14.5. The highest BCUT2D eigenvalue weighted by Crippen LogP contribution is 2.35. The standard InChI is InChI=1S/C16H15FN2O3/c1-22-15-5-4-11(17)8-12(15)9-2-3-10-6-13(18)16(20)19(21)14(10)7-9/h2-5,7-8,13,21H,6,18H2,1H3. The smallest absolute Gasteiger partial charge is 0.267 e. The Bertz CT molecular complexity index is 748. The van der Waals surface area contributed by atoms with Crippen LogP contribution in [0.4, 0.5) is 10.1 Å². The summed E-state index contributed by atoms with van der Waals surface area (Å²) in [7, 11) is 1.50. The molecule has 3 rings (SSSR count). The number of hydrogen-bond acceptors (Lipinski definition) is 4. The number of benzene rings is 2. The number of halogens is 1. The van der Waals surface area contributed by atoms with Gasteiger partial charge in [-0.05, 0) is 41.8 Å². The lowest BCUT2D eigenvalue weighted by molar-refractivity contribution is -0.125. The van der Waals surface area contributed by atoms with Crippen LogP contribution in [0.5, 0.6) is 5.75 Å². The summed E-state index contributed by atoms with van der Waals surface area (Å²) in [5.41, 5.74) is 7.97. The van der Waals surface area contributed by atoms with Gasteiger partial charge in [0.2, 0.25) is 0 Å². The molecule has 0 aliphatic carbocycles. The molecule has 1 unspecified atom stereocenters. The number of nitrogens with two attached hydrogens (primary N) is 1. The Kier molecular flexibility index (Phi) is 3.56. The number of nitrogens with zero attached hydrogens (tertiary/aromatic N) is 1. The first-order valence-corrected chi connectivity index (χ1v) is 6.76. The van der Waals surface area contributed by atoms with E-state index in [1.54, 1.807) is 18.2 Å². The molecule has 114 valence electrons. The van der Waals surface area contributed by atoms with Crippen molar-refractivity contribution in [1.82, 2.24) is 0 Å². The average molecular weight is 302 g/mol. The van der Waals surface area contributed by atoms with Crippen LogP contribution >= 0.6 is 0 Å². The van der Waals surface area contributed by atoms with Crippen molar-refractivity contribution in [2.24, 2.45) is 5.73 Å². The van der Waals surface area contributed by atoms with Crippen molar-refractivity contribution in [3.8, 4) is 16.9 Å². The van der Waals surface area contributed by atoms with Crippen LogP contribution in [0.15, 0.2) is 36.4 Å². The molecule has 22 heavy (non-hydrogen) atoms. The zero-order valence-corrected chi connectivity index (χ0v) is 11.9. The van der Waals surface area contributed by atoms with Crippen LogP contribution in [0.25, 0.3) is 11.1 Å². The van der Waals surface area contributed by atoms with E-state index in [1.807, 2.05) is 0 Å². The summed E-state index contributed by atoms with van der Waals surface area (Å²) < 4.78 is 18.7. The maximum Gasteiger partial charge on any atom is 0.267 e. The van der Waals surface area contributed by atoms with Gasteiger partial charge in [-0.15, -0.1) is 0 Å². The molecule has 3 N–H and O–H groups in total. The van der Waals surface area contributed by atoms with Gasteiger partial charge >= 0.3 is 0 Å². The van der Waals surface area contributed by atoms with Crippen LogP contribution in [0.1, 0.15) is 5.56 Å². The van der Waals surface area contributed by atoms with Crippen molar-refractivity contribution in [3.63, 3.8) is 0 Å². The van der Waals surface area contributed by atoms with Crippen LogP contribution in [0.3, 0.4) is 0 Å². The molecule has 0 radical (unpaired) electrons. The second-order valence-electron chi connectivity index (χ2n) is 5.15. The van der Waals surface area contributed by atoms with Gasteiger partial charge in [0.05, 0.1) is 18.8 Å². The Labute approximate surface area is 126 Å². The van der Waals surface area contributed by atoms with E-state index in [-0.39, 0.29) is 0 Å². The van der Waals surface area contributed by atoms with Gasteiger partial charge in [-0.25, -0.2) is 4.39 Å². The van der Waals surface area contributed by atoms with Gasteiger partial charge in [0.25, 0.3) is 5.91 Å². The second kappa shape index (κ2) is 5.40. The van der Waals surface area contributed by atoms with Gasteiger partial charge < -0.3 is 10.5 Å². The summed E-state index contributed by atoms with van der Waals surface area (Å²) in [6.45, 7) is 0. The zero-order valence-electron chi connectivity index (χ0n) is 11.9. The minimum atomic E-state index is -0.757. The molecule has 0 spiro atoms. The summed E-state index contributed by atoms with van der Waals surface area (Å²) in [6, 6.07) is 8.60. The van der Waals surface area contributed by atoms with Crippen LogP contribution in [-0.4, -0.2) is 24.3 Å². The molecule has 1 amide bonds. The SMILES string of the molecule is COc1ccc(F)cc1-c1ccc2c(c1)N(O)C(=O)C(N)C2. The number of methoxy groups -OCH3 is 1. The lowest BCUT2D eigenvalue weighted by Gasteiger charge is -2.28. The molecule has 1 heterocycles. The first-order chi connectivity index (χ1) is 10.5. The van der Waals surface area contributed by atoms with Gasteiger partial charge in [-0.3, -0.25) is 10.0 Å². The van der Waals surface area contributed by atoms with Crippen LogP contribution in [0, 0.1) is 5.82 Å². The van der Waals surface area contributed by atoms with E-state index in [4.69, 9.17) is 10.5 Å². The number of carbonyl (C=O) groups is 1. The van der Waals surface area contributed by atoms with Gasteiger partial charge in [0, 0.05) is 5.56 Å². The Morgan fingerprint density at radius 3 is 2.82 bits per heavy atom. The summed E-state index contributed by atoms with van der Waals surface area (Å²) in [5.74, 6) is -0.451. The topological polar surface area (TPSA) is 75.8 Å². The number of hydrogen-bond donors (Lipinski definition) is 2. The van der Waals surface area contributed by atoms with Crippen molar-refractivity contribution >= 4 is 11.6 Å². The van der Waals surface area contributed by atoms with E-state index in [0.29, 0.717) is 34.0 Å². The minimum Gasteiger partial charge on any atom is -0.496 e.